The highest BCUT2D eigenvalue weighted by molar-refractivity contribution is 6.06. The van der Waals surface area contributed by atoms with Crippen LogP contribution in [0.3, 0.4) is 0 Å². The van der Waals surface area contributed by atoms with Gasteiger partial charge >= 0.3 is 0 Å². The number of para-hydroxylation sites is 1. The fourth-order valence-corrected chi connectivity index (χ4v) is 2.79. The third kappa shape index (κ3) is 3.24. The van der Waals surface area contributed by atoms with Crippen LogP contribution in [-0.2, 0) is 7.05 Å². The lowest BCUT2D eigenvalue weighted by Crippen LogP contribution is -2.20. The van der Waals surface area contributed by atoms with Gasteiger partial charge in [0.15, 0.2) is 5.78 Å². The maximum atomic E-state index is 12.8. The molecule has 0 spiro atoms. The number of carbonyl (C=O) groups excluding carboxylic acids is 1. The van der Waals surface area contributed by atoms with Crippen LogP contribution in [0.4, 0.5) is 0 Å². The van der Waals surface area contributed by atoms with Gasteiger partial charge in [0.25, 0.3) is 5.56 Å². The first-order valence-corrected chi connectivity index (χ1v) is 8.23. The summed E-state index contributed by atoms with van der Waals surface area (Å²) in [5, 5.41) is 0. The van der Waals surface area contributed by atoms with E-state index in [2.05, 4.69) is 0 Å². The highest BCUT2D eigenvalue weighted by Crippen LogP contribution is 2.14. The quantitative estimate of drug-likeness (QED) is 0.525. The van der Waals surface area contributed by atoms with Crippen molar-refractivity contribution < 1.29 is 9.53 Å². The monoisotopic (exact) mass is 348 g/mol. The molecule has 0 saturated carbocycles. The number of ketones is 1. The highest BCUT2D eigenvalue weighted by Gasteiger charge is 2.14. The molecule has 0 atom stereocenters. The molecule has 0 aliphatic rings. The molecule has 0 aliphatic heterocycles. The molecular weight excluding hydrogens is 328 g/mol. The summed E-state index contributed by atoms with van der Waals surface area (Å²) in [6, 6.07) is 16.3. The maximum Gasteiger partial charge on any atom is 0.278 e. The first-order chi connectivity index (χ1) is 12.5. The summed E-state index contributed by atoms with van der Waals surface area (Å²) in [4.78, 5) is 25.2. The molecule has 0 amide bonds. The number of carbonyl (C=O) groups is 1. The number of ether oxygens (including phenoxy) is 1. The second-order valence-electron chi connectivity index (χ2n) is 5.90. The zero-order valence-corrected chi connectivity index (χ0v) is 15.0. The number of methoxy groups -OCH3 is 1. The van der Waals surface area contributed by atoms with Crippen molar-refractivity contribution in [1.29, 1.82) is 0 Å². The molecule has 0 N–H and O–H groups in total. The van der Waals surface area contributed by atoms with Crippen molar-refractivity contribution in [1.82, 2.24) is 9.36 Å². The third-order valence-electron chi connectivity index (χ3n) is 4.37. The van der Waals surface area contributed by atoms with E-state index in [1.807, 2.05) is 44.3 Å². The predicted molar refractivity (Wildman–Crippen MR) is 102 cm³/mol. The van der Waals surface area contributed by atoms with Crippen molar-refractivity contribution in [3.05, 3.63) is 87.8 Å². The van der Waals surface area contributed by atoms with Crippen molar-refractivity contribution in [2.75, 3.05) is 7.11 Å². The lowest BCUT2D eigenvalue weighted by Gasteiger charge is -2.07. The summed E-state index contributed by atoms with van der Waals surface area (Å²) < 4.78 is 8.47. The highest BCUT2D eigenvalue weighted by atomic mass is 16.5. The standard InChI is InChI=1S/C21H20N2O3/c1-15-19(13-14-20(24)16-9-11-18(26-3)12-10-16)21(25)23(22(15)2)17-7-5-4-6-8-17/h4-14H,1-3H3/b14-13+. The molecule has 3 aromatic rings. The maximum absolute atomic E-state index is 12.8. The normalized spacial score (nSPS) is 11.0. The Balaban J connectivity index is 1.94. The molecule has 1 heterocycles. The lowest BCUT2D eigenvalue weighted by molar-refractivity contribution is 0.104. The van der Waals surface area contributed by atoms with E-state index in [9.17, 15) is 9.59 Å². The Morgan fingerprint density at radius 2 is 1.69 bits per heavy atom. The van der Waals surface area contributed by atoms with Crippen LogP contribution in [0.5, 0.6) is 5.75 Å². The van der Waals surface area contributed by atoms with Gasteiger partial charge in [-0.3, -0.25) is 14.3 Å². The number of benzene rings is 2. The van der Waals surface area contributed by atoms with Gasteiger partial charge in [-0.1, -0.05) is 18.2 Å². The van der Waals surface area contributed by atoms with Gasteiger partial charge < -0.3 is 4.74 Å². The van der Waals surface area contributed by atoms with Gasteiger partial charge in [-0.15, -0.1) is 0 Å². The molecule has 0 bridgehead atoms. The zero-order chi connectivity index (χ0) is 18.7. The second-order valence-corrected chi connectivity index (χ2v) is 5.90. The molecule has 26 heavy (non-hydrogen) atoms. The Bertz CT molecular complexity index is 1010. The minimum Gasteiger partial charge on any atom is -0.497 e. The van der Waals surface area contributed by atoms with E-state index in [0.29, 0.717) is 16.9 Å². The topological polar surface area (TPSA) is 53.2 Å². The number of allylic oxidation sites excluding steroid dienone is 1. The second kappa shape index (κ2) is 7.27. The molecule has 0 aliphatic carbocycles. The molecule has 2 aromatic carbocycles. The molecule has 1 aromatic heterocycles. The molecule has 0 unspecified atom stereocenters. The van der Waals surface area contributed by atoms with Gasteiger partial charge in [-0.25, -0.2) is 4.68 Å². The summed E-state index contributed by atoms with van der Waals surface area (Å²) in [7, 11) is 3.40. The zero-order valence-electron chi connectivity index (χ0n) is 15.0. The van der Waals surface area contributed by atoms with Crippen LogP contribution in [-0.4, -0.2) is 22.3 Å². The van der Waals surface area contributed by atoms with Crippen molar-refractivity contribution in [3.8, 4) is 11.4 Å². The minimum atomic E-state index is -0.165. The minimum absolute atomic E-state index is 0.157. The molecule has 0 radical (unpaired) electrons. The molecule has 0 fully saturated rings. The van der Waals surface area contributed by atoms with Gasteiger partial charge in [0.2, 0.25) is 0 Å². The fraction of sp³-hybridized carbons (Fsp3) is 0.143. The average Bonchev–Trinajstić information content (AvgIpc) is 2.89. The van der Waals surface area contributed by atoms with Crippen molar-refractivity contribution in [2.45, 2.75) is 6.92 Å². The number of rotatable bonds is 5. The molecule has 5 heteroatoms. The van der Waals surface area contributed by atoms with E-state index in [0.717, 1.165) is 11.4 Å². The molecule has 3 rings (SSSR count). The summed E-state index contributed by atoms with van der Waals surface area (Å²) in [6.07, 6.45) is 3.02. The first kappa shape index (κ1) is 17.5. The summed E-state index contributed by atoms with van der Waals surface area (Å²) in [5.74, 6) is 0.525. The van der Waals surface area contributed by atoms with Gasteiger partial charge in [0, 0.05) is 18.3 Å². The Labute approximate surface area is 151 Å². The molecular formula is C21H20N2O3. The van der Waals surface area contributed by atoms with E-state index in [-0.39, 0.29) is 11.3 Å². The van der Waals surface area contributed by atoms with E-state index >= 15 is 0 Å². The van der Waals surface area contributed by atoms with Crippen LogP contribution in [0.1, 0.15) is 21.6 Å². The molecule has 0 saturated heterocycles. The van der Waals surface area contributed by atoms with Gasteiger partial charge in [-0.05, 0) is 55.5 Å². The SMILES string of the molecule is COc1ccc(C(=O)/C=C/c2c(C)n(C)n(-c3ccccc3)c2=O)cc1. The van der Waals surface area contributed by atoms with Crippen LogP contribution < -0.4 is 10.3 Å². The third-order valence-corrected chi connectivity index (χ3v) is 4.37. The van der Waals surface area contributed by atoms with Gasteiger partial charge in [0.05, 0.1) is 18.4 Å². The van der Waals surface area contributed by atoms with Crippen molar-refractivity contribution in [3.63, 3.8) is 0 Å². The van der Waals surface area contributed by atoms with Crippen molar-refractivity contribution >= 4 is 11.9 Å². The summed E-state index contributed by atoms with van der Waals surface area (Å²) >= 11 is 0. The Kier molecular flexibility index (Phi) is 4.89. The van der Waals surface area contributed by atoms with E-state index < -0.39 is 0 Å². The predicted octanol–water partition coefficient (Wildman–Crippen LogP) is 3.39. The number of aromatic nitrogens is 2. The Hall–Kier alpha value is -3.34. The van der Waals surface area contributed by atoms with E-state index in [4.69, 9.17) is 4.74 Å². The summed E-state index contributed by atoms with van der Waals surface area (Å²) in [5.41, 5.74) is 2.45. The van der Waals surface area contributed by atoms with Crippen LogP contribution >= 0.6 is 0 Å². The number of nitrogens with zero attached hydrogens (tertiary/aromatic N) is 2. The molecule has 132 valence electrons. The summed E-state index contributed by atoms with van der Waals surface area (Å²) in [6.45, 7) is 1.86. The lowest BCUT2D eigenvalue weighted by atomic mass is 10.1. The largest absolute Gasteiger partial charge is 0.497 e. The van der Waals surface area contributed by atoms with Crippen molar-refractivity contribution in [2.24, 2.45) is 7.05 Å². The Morgan fingerprint density at radius 1 is 1.04 bits per heavy atom. The first-order valence-electron chi connectivity index (χ1n) is 8.23. The van der Waals surface area contributed by atoms with Gasteiger partial charge in [0.1, 0.15) is 5.75 Å². The van der Waals surface area contributed by atoms with Crippen LogP contribution in [0, 0.1) is 6.92 Å². The number of hydrogen-bond acceptors (Lipinski definition) is 3. The number of hydrogen-bond donors (Lipinski definition) is 0. The van der Waals surface area contributed by atoms with Gasteiger partial charge in [-0.2, -0.15) is 0 Å². The van der Waals surface area contributed by atoms with E-state index in [1.165, 1.54) is 6.08 Å². The Morgan fingerprint density at radius 3 is 2.31 bits per heavy atom. The van der Waals surface area contributed by atoms with Crippen LogP contribution in [0.25, 0.3) is 11.8 Å². The molecule has 5 nitrogen and oxygen atoms in total. The fourth-order valence-electron chi connectivity index (χ4n) is 2.79. The van der Waals surface area contributed by atoms with E-state index in [1.54, 1.807) is 46.8 Å². The smallest absolute Gasteiger partial charge is 0.278 e. The van der Waals surface area contributed by atoms with Crippen LogP contribution in [0.2, 0.25) is 0 Å². The van der Waals surface area contributed by atoms with Crippen LogP contribution in [0.15, 0.2) is 65.5 Å². The average molecular weight is 348 g/mol.